The van der Waals surface area contributed by atoms with E-state index in [1.54, 1.807) is 0 Å². The molecule has 1 aliphatic heterocycles. The molecular weight excluding hydrogens is 286 g/mol. The molecule has 3 nitrogen and oxygen atoms in total. The van der Waals surface area contributed by atoms with Crippen molar-refractivity contribution in [2.45, 2.75) is 32.5 Å². The summed E-state index contributed by atoms with van der Waals surface area (Å²) in [5.74, 6) is 0. The molecule has 2 atom stereocenters. The Balaban J connectivity index is 1.86. The van der Waals surface area contributed by atoms with Gasteiger partial charge in [-0.15, -0.1) is 0 Å². The first-order valence-electron chi connectivity index (χ1n) is 8.26. The van der Waals surface area contributed by atoms with Gasteiger partial charge in [-0.3, -0.25) is 4.90 Å². The van der Waals surface area contributed by atoms with E-state index in [0.717, 1.165) is 13.1 Å². The number of aliphatic hydroxyl groups excluding tert-OH is 1. The van der Waals surface area contributed by atoms with E-state index < -0.39 is 0 Å². The number of aliphatic hydroxyl groups is 1. The number of morpholine rings is 1. The van der Waals surface area contributed by atoms with Crippen LogP contribution in [0.3, 0.4) is 0 Å². The summed E-state index contributed by atoms with van der Waals surface area (Å²) in [6.07, 6.45) is -0.169. The average molecular weight is 311 g/mol. The monoisotopic (exact) mass is 311 g/mol. The lowest BCUT2D eigenvalue weighted by atomic mass is 9.97. The number of nitrogens with zero attached hydrogens (tertiary/aromatic N) is 1. The summed E-state index contributed by atoms with van der Waals surface area (Å²) in [6.45, 7) is 6.76. The molecule has 1 saturated heterocycles. The van der Waals surface area contributed by atoms with Crippen LogP contribution >= 0.6 is 0 Å². The van der Waals surface area contributed by atoms with Gasteiger partial charge >= 0.3 is 0 Å². The van der Waals surface area contributed by atoms with Gasteiger partial charge in [0.2, 0.25) is 0 Å². The summed E-state index contributed by atoms with van der Waals surface area (Å²) in [6, 6.07) is 17.1. The molecule has 0 radical (unpaired) electrons. The maximum absolute atomic E-state index is 9.74. The lowest BCUT2D eigenvalue weighted by Crippen LogP contribution is -2.46. The van der Waals surface area contributed by atoms with Gasteiger partial charge in [-0.1, -0.05) is 48.5 Å². The van der Waals surface area contributed by atoms with Crippen molar-refractivity contribution in [3.8, 4) is 0 Å². The molecule has 3 rings (SSSR count). The second-order valence-electron chi connectivity index (χ2n) is 6.34. The SMILES string of the molecule is Cc1ccc(CN2CCO[C@H](CO)[C@H]2c2ccccc2)cc1C. The Morgan fingerprint density at radius 2 is 1.87 bits per heavy atom. The summed E-state index contributed by atoms with van der Waals surface area (Å²) in [7, 11) is 0. The Bertz CT molecular complexity index is 641. The van der Waals surface area contributed by atoms with Crippen LogP contribution in [0.15, 0.2) is 48.5 Å². The minimum atomic E-state index is -0.169. The summed E-state index contributed by atoms with van der Waals surface area (Å²) in [5.41, 5.74) is 5.16. The van der Waals surface area contributed by atoms with Gasteiger partial charge < -0.3 is 9.84 Å². The second-order valence-corrected chi connectivity index (χ2v) is 6.34. The summed E-state index contributed by atoms with van der Waals surface area (Å²) in [5, 5.41) is 9.74. The van der Waals surface area contributed by atoms with Crippen LogP contribution in [0.5, 0.6) is 0 Å². The predicted octanol–water partition coefficient (Wildman–Crippen LogP) is 3.24. The number of hydrogen-bond donors (Lipinski definition) is 1. The fraction of sp³-hybridized carbons (Fsp3) is 0.400. The van der Waals surface area contributed by atoms with Crippen LogP contribution in [-0.2, 0) is 11.3 Å². The van der Waals surface area contributed by atoms with E-state index in [0.29, 0.717) is 6.61 Å². The summed E-state index contributed by atoms with van der Waals surface area (Å²) >= 11 is 0. The highest BCUT2D eigenvalue weighted by atomic mass is 16.5. The molecule has 2 aromatic carbocycles. The molecule has 1 N–H and O–H groups in total. The Labute approximate surface area is 138 Å². The van der Waals surface area contributed by atoms with Crippen molar-refractivity contribution < 1.29 is 9.84 Å². The lowest BCUT2D eigenvalue weighted by Gasteiger charge is -2.41. The van der Waals surface area contributed by atoms with Crippen molar-refractivity contribution in [1.82, 2.24) is 4.90 Å². The predicted molar refractivity (Wildman–Crippen MR) is 92.3 cm³/mol. The third kappa shape index (κ3) is 3.63. The van der Waals surface area contributed by atoms with Crippen LogP contribution in [0.1, 0.15) is 28.3 Å². The van der Waals surface area contributed by atoms with Crippen molar-refractivity contribution in [2.24, 2.45) is 0 Å². The summed E-state index contributed by atoms with van der Waals surface area (Å²) in [4.78, 5) is 2.42. The molecule has 0 saturated carbocycles. The van der Waals surface area contributed by atoms with E-state index in [-0.39, 0.29) is 18.8 Å². The molecule has 3 heteroatoms. The Morgan fingerprint density at radius 3 is 2.57 bits per heavy atom. The van der Waals surface area contributed by atoms with E-state index >= 15 is 0 Å². The van der Waals surface area contributed by atoms with Gasteiger partial charge in [0.1, 0.15) is 6.10 Å². The third-order valence-corrected chi connectivity index (χ3v) is 4.73. The second kappa shape index (κ2) is 7.26. The number of hydrogen-bond acceptors (Lipinski definition) is 3. The zero-order valence-electron chi connectivity index (χ0n) is 13.9. The normalized spacial score (nSPS) is 22.2. The van der Waals surface area contributed by atoms with Crippen molar-refractivity contribution in [2.75, 3.05) is 19.8 Å². The van der Waals surface area contributed by atoms with Gasteiger partial charge in [0, 0.05) is 13.1 Å². The lowest BCUT2D eigenvalue weighted by molar-refractivity contribution is -0.0960. The Morgan fingerprint density at radius 1 is 1.09 bits per heavy atom. The Kier molecular flexibility index (Phi) is 5.11. The standard InChI is InChI=1S/C20H25NO2/c1-15-8-9-17(12-16(15)2)13-21-10-11-23-19(14-22)20(21)18-6-4-3-5-7-18/h3-9,12,19-20,22H,10-11,13-14H2,1-2H3/t19-,20-/m1/s1. The zero-order chi connectivity index (χ0) is 16.2. The molecule has 0 spiro atoms. The van der Waals surface area contributed by atoms with Crippen LogP contribution in [-0.4, -0.2) is 35.9 Å². The quantitative estimate of drug-likeness (QED) is 0.941. The maximum Gasteiger partial charge on any atom is 0.100 e. The molecule has 0 aliphatic carbocycles. The highest BCUT2D eigenvalue weighted by Crippen LogP contribution is 2.31. The highest BCUT2D eigenvalue weighted by Gasteiger charge is 2.33. The van der Waals surface area contributed by atoms with Gasteiger partial charge in [0.15, 0.2) is 0 Å². The van der Waals surface area contributed by atoms with Crippen molar-refractivity contribution >= 4 is 0 Å². The molecule has 0 amide bonds. The van der Waals surface area contributed by atoms with E-state index in [1.807, 2.05) is 18.2 Å². The smallest absolute Gasteiger partial charge is 0.100 e. The fourth-order valence-electron chi connectivity index (χ4n) is 3.33. The van der Waals surface area contributed by atoms with Gasteiger partial charge in [0.05, 0.1) is 19.3 Å². The van der Waals surface area contributed by atoms with Crippen LogP contribution in [0.2, 0.25) is 0 Å². The van der Waals surface area contributed by atoms with E-state index in [9.17, 15) is 5.11 Å². The topological polar surface area (TPSA) is 32.7 Å². The maximum atomic E-state index is 9.74. The molecule has 23 heavy (non-hydrogen) atoms. The van der Waals surface area contributed by atoms with Crippen molar-refractivity contribution in [3.63, 3.8) is 0 Å². The third-order valence-electron chi connectivity index (χ3n) is 4.73. The number of benzene rings is 2. The highest BCUT2D eigenvalue weighted by molar-refractivity contribution is 5.30. The van der Waals surface area contributed by atoms with Crippen LogP contribution < -0.4 is 0 Å². The number of rotatable bonds is 4. The van der Waals surface area contributed by atoms with Crippen LogP contribution in [0.4, 0.5) is 0 Å². The van der Waals surface area contributed by atoms with Gasteiger partial charge in [-0.25, -0.2) is 0 Å². The average Bonchev–Trinajstić information content (AvgIpc) is 2.58. The van der Waals surface area contributed by atoms with E-state index in [4.69, 9.17) is 4.74 Å². The summed E-state index contributed by atoms with van der Waals surface area (Å²) < 4.78 is 5.81. The first kappa shape index (κ1) is 16.2. The van der Waals surface area contributed by atoms with Crippen molar-refractivity contribution in [1.29, 1.82) is 0 Å². The Hall–Kier alpha value is -1.68. The largest absolute Gasteiger partial charge is 0.394 e. The first-order chi connectivity index (χ1) is 11.2. The van der Waals surface area contributed by atoms with E-state index in [2.05, 4.69) is 49.1 Å². The number of ether oxygens (including phenoxy) is 1. The van der Waals surface area contributed by atoms with Crippen LogP contribution in [0.25, 0.3) is 0 Å². The molecule has 0 aromatic heterocycles. The fourth-order valence-corrected chi connectivity index (χ4v) is 3.33. The number of aryl methyl sites for hydroxylation is 2. The molecule has 0 unspecified atom stereocenters. The van der Waals surface area contributed by atoms with Crippen molar-refractivity contribution in [3.05, 3.63) is 70.8 Å². The molecule has 122 valence electrons. The minimum absolute atomic E-state index is 0.0446. The molecule has 1 aliphatic rings. The zero-order valence-corrected chi connectivity index (χ0v) is 13.9. The van der Waals surface area contributed by atoms with Gasteiger partial charge in [-0.2, -0.15) is 0 Å². The van der Waals surface area contributed by atoms with Gasteiger partial charge in [-0.05, 0) is 36.1 Å². The molecule has 0 bridgehead atoms. The van der Waals surface area contributed by atoms with Gasteiger partial charge in [0.25, 0.3) is 0 Å². The van der Waals surface area contributed by atoms with Crippen LogP contribution in [0, 0.1) is 13.8 Å². The molecular formula is C20H25NO2. The molecule has 1 fully saturated rings. The molecule has 1 heterocycles. The minimum Gasteiger partial charge on any atom is -0.394 e. The van der Waals surface area contributed by atoms with E-state index in [1.165, 1.54) is 22.3 Å². The molecule has 2 aromatic rings. The first-order valence-corrected chi connectivity index (χ1v) is 8.26.